The number of aryl methyl sites for hydroxylation is 2. The summed E-state index contributed by atoms with van der Waals surface area (Å²) < 4.78 is 1.50. The fourth-order valence-corrected chi connectivity index (χ4v) is 5.59. The van der Waals surface area contributed by atoms with E-state index in [2.05, 4.69) is 15.6 Å². The number of thiophene rings is 1. The summed E-state index contributed by atoms with van der Waals surface area (Å²) >= 11 is 2.74. The van der Waals surface area contributed by atoms with Crippen molar-refractivity contribution in [2.75, 3.05) is 5.75 Å². The number of benzene rings is 1. The van der Waals surface area contributed by atoms with Gasteiger partial charge in [0.2, 0.25) is 5.91 Å². The Morgan fingerprint density at radius 2 is 1.97 bits per heavy atom. The summed E-state index contributed by atoms with van der Waals surface area (Å²) in [5.41, 5.74) is 2.03. The smallest absolute Gasteiger partial charge is 0.321 e. The molecule has 0 aliphatic heterocycles. The van der Waals surface area contributed by atoms with E-state index in [0.29, 0.717) is 11.7 Å². The first-order valence-corrected chi connectivity index (χ1v) is 11.6. The Labute approximate surface area is 181 Å². The van der Waals surface area contributed by atoms with Crippen molar-refractivity contribution in [3.05, 3.63) is 56.7 Å². The van der Waals surface area contributed by atoms with Gasteiger partial charge in [0.05, 0.1) is 11.1 Å². The monoisotopic (exact) mass is 442 g/mol. The summed E-state index contributed by atoms with van der Waals surface area (Å²) in [6.45, 7) is 0.336. The Bertz CT molecular complexity index is 1150. The fourth-order valence-electron chi connectivity index (χ4n) is 3.51. The van der Waals surface area contributed by atoms with Crippen molar-refractivity contribution in [2.24, 2.45) is 7.05 Å². The number of hydrogen-bond donors (Lipinski definition) is 2. The lowest BCUT2D eigenvalue weighted by Crippen LogP contribution is -2.40. The van der Waals surface area contributed by atoms with Crippen LogP contribution in [-0.4, -0.2) is 27.2 Å². The Morgan fingerprint density at radius 3 is 2.77 bits per heavy atom. The molecule has 0 saturated carbocycles. The van der Waals surface area contributed by atoms with Crippen molar-refractivity contribution in [3.63, 3.8) is 0 Å². The van der Waals surface area contributed by atoms with Gasteiger partial charge in [0.25, 0.3) is 5.56 Å². The molecule has 7 nitrogen and oxygen atoms in total. The number of carbonyl (C=O) groups excluding carboxylic acids is 2. The lowest BCUT2D eigenvalue weighted by molar-refractivity contribution is -0.117. The van der Waals surface area contributed by atoms with Crippen molar-refractivity contribution >= 4 is 45.3 Å². The van der Waals surface area contributed by atoms with Crippen LogP contribution in [0.5, 0.6) is 0 Å². The quantitative estimate of drug-likeness (QED) is 0.468. The zero-order valence-electron chi connectivity index (χ0n) is 16.6. The average Bonchev–Trinajstić information content (AvgIpc) is 3.13. The van der Waals surface area contributed by atoms with E-state index in [1.54, 1.807) is 18.4 Å². The van der Waals surface area contributed by atoms with Gasteiger partial charge in [-0.3, -0.25) is 19.5 Å². The minimum atomic E-state index is -0.548. The van der Waals surface area contributed by atoms with Crippen LogP contribution < -0.4 is 16.2 Å². The van der Waals surface area contributed by atoms with Crippen LogP contribution >= 0.6 is 23.1 Å². The Kier molecular flexibility index (Phi) is 6.19. The molecule has 3 aromatic rings. The van der Waals surface area contributed by atoms with E-state index in [-0.39, 0.29) is 11.3 Å². The first kappa shape index (κ1) is 20.6. The van der Waals surface area contributed by atoms with Crippen molar-refractivity contribution < 1.29 is 9.59 Å². The van der Waals surface area contributed by atoms with Crippen LogP contribution in [-0.2, 0) is 31.2 Å². The van der Waals surface area contributed by atoms with Crippen molar-refractivity contribution in [3.8, 4) is 0 Å². The van der Waals surface area contributed by atoms with E-state index >= 15 is 0 Å². The van der Waals surface area contributed by atoms with E-state index in [9.17, 15) is 14.4 Å². The van der Waals surface area contributed by atoms with E-state index in [4.69, 9.17) is 0 Å². The van der Waals surface area contributed by atoms with Gasteiger partial charge in [0, 0.05) is 18.5 Å². The van der Waals surface area contributed by atoms with Crippen LogP contribution in [0.1, 0.15) is 28.8 Å². The van der Waals surface area contributed by atoms with Crippen LogP contribution in [0.3, 0.4) is 0 Å². The van der Waals surface area contributed by atoms with Gasteiger partial charge in [0.15, 0.2) is 5.16 Å². The SMILES string of the molecule is Cn1c(SCC(=O)NC(=O)NCc2ccccc2)nc2sc3c(c2c1=O)CCCC3. The highest BCUT2D eigenvalue weighted by Crippen LogP contribution is 2.34. The first-order chi connectivity index (χ1) is 14.5. The number of urea groups is 1. The standard InChI is InChI=1S/C21H22N4O3S2/c1-25-19(27)17-14-9-5-6-10-15(14)30-18(17)24-21(25)29-12-16(26)23-20(28)22-11-13-7-3-2-4-8-13/h2-4,7-8H,5-6,9-12H2,1H3,(H2,22,23,26,28). The second-order valence-electron chi connectivity index (χ2n) is 7.15. The molecule has 2 aromatic heterocycles. The number of nitrogens with zero attached hydrogens (tertiary/aromatic N) is 2. The van der Waals surface area contributed by atoms with Crippen molar-refractivity contribution in [1.29, 1.82) is 0 Å². The number of rotatable bonds is 5. The fraction of sp³-hybridized carbons (Fsp3) is 0.333. The van der Waals surface area contributed by atoms with E-state index in [0.717, 1.165) is 58.8 Å². The third kappa shape index (κ3) is 4.41. The molecule has 3 amide bonds. The Morgan fingerprint density at radius 1 is 1.20 bits per heavy atom. The molecule has 0 bridgehead atoms. The minimum absolute atomic E-state index is 0.00433. The summed E-state index contributed by atoms with van der Waals surface area (Å²) in [6, 6.07) is 8.90. The maximum absolute atomic E-state index is 12.9. The number of thioether (sulfide) groups is 1. The van der Waals surface area contributed by atoms with Gasteiger partial charge >= 0.3 is 6.03 Å². The van der Waals surface area contributed by atoms with Gasteiger partial charge in [-0.15, -0.1) is 11.3 Å². The van der Waals surface area contributed by atoms with Crippen LogP contribution in [0.2, 0.25) is 0 Å². The summed E-state index contributed by atoms with van der Waals surface area (Å²) in [5, 5.41) is 6.17. The second kappa shape index (κ2) is 9.01. The van der Waals surface area contributed by atoms with Crippen molar-refractivity contribution in [1.82, 2.24) is 20.2 Å². The van der Waals surface area contributed by atoms with E-state index in [1.807, 2.05) is 30.3 Å². The number of hydrogen-bond acceptors (Lipinski definition) is 6. The molecular weight excluding hydrogens is 420 g/mol. The molecule has 30 heavy (non-hydrogen) atoms. The Balaban J connectivity index is 1.38. The maximum Gasteiger partial charge on any atom is 0.321 e. The molecule has 2 heterocycles. The topological polar surface area (TPSA) is 93.1 Å². The minimum Gasteiger partial charge on any atom is -0.334 e. The third-order valence-corrected chi connectivity index (χ3v) is 7.25. The highest BCUT2D eigenvalue weighted by atomic mass is 32.2. The highest BCUT2D eigenvalue weighted by molar-refractivity contribution is 7.99. The molecule has 0 fully saturated rings. The molecule has 4 rings (SSSR count). The molecule has 1 aliphatic carbocycles. The van der Waals surface area contributed by atoms with Gasteiger partial charge in [-0.05, 0) is 36.8 Å². The zero-order valence-corrected chi connectivity index (χ0v) is 18.2. The van der Waals surface area contributed by atoms with E-state index in [1.165, 1.54) is 9.44 Å². The number of carbonyl (C=O) groups is 2. The first-order valence-electron chi connectivity index (χ1n) is 9.78. The predicted octanol–water partition coefficient (Wildman–Crippen LogP) is 2.99. The summed E-state index contributed by atoms with van der Waals surface area (Å²) in [5.74, 6) is -0.444. The molecule has 0 unspecified atom stereocenters. The second-order valence-corrected chi connectivity index (χ2v) is 9.18. The molecule has 0 radical (unpaired) electrons. The maximum atomic E-state index is 12.9. The number of aromatic nitrogens is 2. The largest absolute Gasteiger partial charge is 0.334 e. The number of imide groups is 1. The Hall–Kier alpha value is -2.65. The third-order valence-electron chi connectivity index (χ3n) is 5.04. The zero-order chi connectivity index (χ0) is 21.1. The normalized spacial score (nSPS) is 13.1. The number of amides is 3. The van der Waals surface area contributed by atoms with E-state index < -0.39 is 11.9 Å². The summed E-state index contributed by atoms with van der Waals surface area (Å²) in [4.78, 5) is 43.6. The molecule has 0 saturated heterocycles. The number of nitrogens with one attached hydrogen (secondary N) is 2. The lowest BCUT2D eigenvalue weighted by Gasteiger charge is -2.11. The van der Waals surface area contributed by atoms with Gasteiger partial charge in [-0.1, -0.05) is 42.1 Å². The molecule has 0 atom stereocenters. The highest BCUT2D eigenvalue weighted by Gasteiger charge is 2.21. The predicted molar refractivity (Wildman–Crippen MR) is 119 cm³/mol. The molecule has 2 N–H and O–H groups in total. The van der Waals surface area contributed by atoms with Crippen LogP contribution in [0.25, 0.3) is 10.2 Å². The van der Waals surface area contributed by atoms with Gasteiger partial charge in [-0.2, -0.15) is 0 Å². The molecule has 1 aliphatic rings. The molecule has 0 spiro atoms. The van der Waals surface area contributed by atoms with Crippen LogP contribution in [0.15, 0.2) is 40.3 Å². The van der Waals surface area contributed by atoms with Gasteiger partial charge in [-0.25, -0.2) is 9.78 Å². The molecule has 9 heteroatoms. The summed E-state index contributed by atoms with van der Waals surface area (Å²) in [6.07, 6.45) is 4.18. The van der Waals surface area contributed by atoms with Crippen LogP contribution in [0, 0.1) is 0 Å². The average molecular weight is 443 g/mol. The lowest BCUT2D eigenvalue weighted by atomic mass is 9.97. The van der Waals surface area contributed by atoms with Gasteiger partial charge < -0.3 is 5.32 Å². The number of fused-ring (bicyclic) bond motifs is 3. The molecule has 156 valence electrons. The van der Waals surface area contributed by atoms with Crippen molar-refractivity contribution in [2.45, 2.75) is 37.4 Å². The van der Waals surface area contributed by atoms with Gasteiger partial charge in [0.1, 0.15) is 4.83 Å². The molecular formula is C21H22N4O3S2. The van der Waals surface area contributed by atoms with Crippen LogP contribution in [0.4, 0.5) is 4.79 Å². The summed E-state index contributed by atoms with van der Waals surface area (Å²) in [7, 11) is 1.68. The molecule has 1 aromatic carbocycles.